The molecule has 0 rings (SSSR count). The summed E-state index contributed by atoms with van der Waals surface area (Å²) in [7, 11) is -2.75. The van der Waals surface area contributed by atoms with Crippen LogP contribution in [0.3, 0.4) is 0 Å². The summed E-state index contributed by atoms with van der Waals surface area (Å²) >= 11 is 0. The van der Waals surface area contributed by atoms with Gasteiger partial charge in [-0.15, -0.1) is 0 Å². The van der Waals surface area contributed by atoms with Crippen molar-refractivity contribution in [1.82, 2.24) is 0 Å². The molecular formula is C11H23O5P. The Labute approximate surface area is 103 Å². The van der Waals surface area contributed by atoms with Crippen molar-refractivity contribution in [2.75, 3.05) is 13.3 Å². The van der Waals surface area contributed by atoms with Crippen molar-refractivity contribution in [3.05, 3.63) is 0 Å². The average molecular weight is 266 g/mol. The van der Waals surface area contributed by atoms with Crippen LogP contribution in [0.25, 0.3) is 0 Å². The quantitative estimate of drug-likeness (QED) is 0.520. The molecule has 0 heterocycles. The van der Waals surface area contributed by atoms with Crippen molar-refractivity contribution in [3.63, 3.8) is 0 Å². The van der Waals surface area contributed by atoms with Gasteiger partial charge in [-0.1, -0.05) is 26.7 Å². The lowest BCUT2D eigenvalue weighted by Gasteiger charge is -2.30. The number of esters is 1. The van der Waals surface area contributed by atoms with Crippen LogP contribution in [-0.4, -0.2) is 29.0 Å². The van der Waals surface area contributed by atoms with Crippen molar-refractivity contribution < 1.29 is 23.9 Å². The summed E-state index contributed by atoms with van der Waals surface area (Å²) in [6.45, 7) is 3.90. The molecule has 0 spiro atoms. The monoisotopic (exact) mass is 266 g/mol. The zero-order valence-corrected chi connectivity index (χ0v) is 11.7. The molecule has 2 N–H and O–H groups in total. The number of hydrogen-bond acceptors (Lipinski definition) is 3. The second kappa shape index (κ2) is 7.14. The average Bonchev–Trinajstić information content (AvgIpc) is 2.24. The van der Waals surface area contributed by atoms with Crippen molar-refractivity contribution in [1.29, 1.82) is 0 Å². The van der Waals surface area contributed by atoms with E-state index in [2.05, 4.69) is 0 Å². The number of ether oxygens (including phenoxy) is 1. The molecule has 0 aromatic carbocycles. The van der Waals surface area contributed by atoms with Crippen LogP contribution in [0.2, 0.25) is 0 Å². The normalized spacial score (nSPS) is 12.5. The van der Waals surface area contributed by atoms with Gasteiger partial charge in [0.1, 0.15) is 0 Å². The summed E-state index contributed by atoms with van der Waals surface area (Å²) in [5, 5.41) is 0. The summed E-state index contributed by atoms with van der Waals surface area (Å²) in [5.74, 6) is -0.352. The van der Waals surface area contributed by atoms with Crippen LogP contribution in [0.4, 0.5) is 0 Å². The predicted octanol–water partition coefficient (Wildman–Crippen LogP) is 2.31. The highest BCUT2D eigenvalue weighted by Gasteiger charge is 2.39. The summed E-state index contributed by atoms with van der Waals surface area (Å²) in [5.41, 5.74) is -0.737. The van der Waals surface area contributed by atoms with E-state index in [4.69, 9.17) is 14.5 Å². The number of rotatable bonds is 8. The van der Waals surface area contributed by atoms with Crippen LogP contribution in [0.15, 0.2) is 0 Å². The standard InChI is InChI=1S/C11H23O5P/c1-4-6-11(7-5-2,10(12)16-3)8-9-17(13,14)15/h4-9H2,1-3H3,(H2,13,14,15). The lowest BCUT2D eigenvalue weighted by Crippen LogP contribution is -2.33. The Morgan fingerprint density at radius 3 is 1.94 bits per heavy atom. The van der Waals surface area contributed by atoms with E-state index in [1.807, 2.05) is 13.8 Å². The third-order valence-corrected chi connectivity index (χ3v) is 3.76. The van der Waals surface area contributed by atoms with Crippen molar-refractivity contribution >= 4 is 13.6 Å². The van der Waals surface area contributed by atoms with Gasteiger partial charge < -0.3 is 14.5 Å². The van der Waals surface area contributed by atoms with Crippen LogP contribution in [0, 0.1) is 5.41 Å². The molecule has 0 unspecified atom stereocenters. The van der Waals surface area contributed by atoms with E-state index in [-0.39, 0.29) is 18.6 Å². The van der Waals surface area contributed by atoms with E-state index in [1.165, 1.54) is 7.11 Å². The van der Waals surface area contributed by atoms with Gasteiger partial charge in [0.25, 0.3) is 0 Å². The maximum atomic E-state index is 11.9. The molecule has 0 bridgehead atoms. The molecule has 17 heavy (non-hydrogen) atoms. The van der Waals surface area contributed by atoms with Crippen LogP contribution in [-0.2, 0) is 14.1 Å². The molecule has 0 aliphatic heterocycles. The molecule has 0 aromatic rings. The zero-order chi connectivity index (χ0) is 13.5. The molecule has 0 radical (unpaired) electrons. The lowest BCUT2D eigenvalue weighted by molar-refractivity contribution is -0.154. The highest BCUT2D eigenvalue weighted by atomic mass is 31.2. The molecule has 0 atom stereocenters. The molecular weight excluding hydrogens is 243 g/mol. The molecule has 0 saturated carbocycles. The Balaban J connectivity index is 4.89. The van der Waals surface area contributed by atoms with E-state index in [0.29, 0.717) is 12.8 Å². The van der Waals surface area contributed by atoms with E-state index < -0.39 is 13.0 Å². The molecule has 0 aliphatic rings. The molecule has 0 amide bonds. The molecule has 0 aromatic heterocycles. The Bertz CT molecular complexity index is 278. The summed E-state index contributed by atoms with van der Waals surface area (Å²) in [4.78, 5) is 29.7. The third-order valence-electron chi connectivity index (χ3n) is 2.96. The fourth-order valence-electron chi connectivity index (χ4n) is 2.21. The highest BCUT2D eigenvalue weighted by Crippen LogP contribution is 2.43. The molecule has 5 nitrogen and oxygen atoms in total. The summed E-state index contributed by atoms with van der Waals surface area (Å²) in [6.07, 6.45) is 2.71. The van der Waals surface area contributed by atoms with Gasteiger partial charge in [-0.05, 0) is 19.3 Å². The zero-order valence-electron chi connectivity index (χ0n) is 10.8. The smallest absolute Gasteiger partial charge is 0.325 e. The summed E-state index contributed by atoms with van der Waals surface area (Å²) < 4.78 is 15.7. The summed E-state index contributed by atoms with van der Waals surface area (Å²) in [6, 6.07) is 0. The number of carbonyl (C=O) groups excluding carboxylic acids is 1. The van der Waals surface area contributed by atoms with Crippen LogP contribution < -0.4 is 0 Å². The molecule has 0 fully saturated rings. The largest absolute Gasteiger partial charge is 0.469 e. The lowest BCUT2D eigenvalue weighted by atomic mass is 9.77. The first-order chi connectivity index (χ1) is 7.81. The fourth-order valence-corrected chi connectivity index (χ4v) is 2.93. The van der Waals surface area contributed by atoms with Gasteiger partial charge >= 0.3 is 13.6 Å². The third kappa shape index (κ3) is 5.66. The number of methoxy groups -OCH3 is 1. The predicted molar refractivity (Wildman–Crippen MR) is 65.8 cm³/mol. The van der Waals surface area contributed by atoms with Gasteiger partial charge in [0.2, 0.25) is 0 Å². The Morgan fingerprint density at radius 1 is 1.18 bits per heavy atom. The SMILES string of the molecule is CCCC(CCC)(CCP(=O)(O)O)C(=O)OC. The first-order valence-electron chi connectivity index (χ1n) is 5.94. The minimum atomic E-state index is -4.07. The maximum absolute atomic E-state index is 11.9. The van der Waals surface area contributed by atoms with E-state index in [0.717, 1.165) is 12.8 Å². The molecule has 0 aliphatic carbocycles. The Hall–Kier alpha value is -0.380. The Morgan fingerprint density at radius 2 is 1.65 bits per heavy atom. The van der Waals surface area contributed by atoms with Gasteiger partial charge in [0.15, 0.2) is 0 Å². The van der Waals surface area contributed by atoms with Gasteiger partial charge in [-0.3, -0.25) is 9.36 Å². The topological polar surface area (TPSA) is 83.8 Å². The van der Waals surface area contributed by atoms with Crippen molar-refractivity contribution in [2.24, 2.45) is 5.41 Å². The van der Waals surface area contributed by atoms with E-state index in [9.17, 15) is 9.36 Å². The highest BCUT2D eigenvalue weighted by molar-refractivity contribution is 7.51. The first kappa shape index (κ1) is 16.6. The van der Waals surface area contributed by atoms with E-state index in [1.54, 1.807) is 0 Å². The van der Waals surface area contributed by atoms with Crippen molar-refractivity contribution in [3.8, 4) is 0 Å². The van der Waals surface area contributed by atoms with Gasteiger partial charge in [-0.25, -0.2) is 0 Å². The maximum Gasteiger partial charge on any atom is 0.325 e. The van der Waals surface area contributed by atoms with Gasteiger partial charge in [0.05, 0.1) is 18.7 Å². The van der Waals surface area contributed by atoms with Crippen molar-refractivity contribution in [2.45, 2.75) is 46.0 Å². The van der Waals surface area contributed by atoms with Gasteiger partial charge in [-0.2, -0.15) is 0 Å². The van der Waals surface area contributed by atoms with E-state index >= 15 is 0 Å². The molecule has 0 saturated heterocycles. The minimum absolute atomic E-state index is 0.186. The van der Waals surface area contributed by atoms with Crippen LogP contribution in [0.1, 0.15) is 46.0 Å². The molecule has 6 heteroatoms. The van der Waals surface area contributed by atoms with Crippen LogP contribution in [0.5, 0.6) is 0 Å². The minimum Gasteiger partial charge on any atom is -0.469 e. The number of hydrogen-bond donors (Lipinski definition) is 2. The van der Waals surface area contributed by atoms with Crippen LogP contribution >= 0.6 is 7.60 Å². The first-order valence-corrected chi connectivity index (χ1v) is 7.74. The number of carbonyl (C=O) groups is 1. The second-order valence-corrected chi connectivity index (χ2v) is 6.19. The fraction of sp³-hybridized carbons (Fsp3) is 0.909. The molecule has 102 valence electrons. The van der Waals surface area contributed by atoms with Gasteiger partial charge in [0, 0.05) is 0 Å². The second-order valence-electron chi connectivity index (χ2n) is 4.41. The Kier molecular flexibility index (Phi) is 6.98.